The van der Waals surface area contributed by atoms with Crippen molar-refractivity contribution in [1.82, 2.24) is 14.5 Å². The monoisotopic (exact) mass is 293 g/mol. The first-order valence-electron chi connectivity index (χ1n) is 6.22. The predicted octanol–water partition coefficient (Wildman–Crippen LogP) is 3.57. The van der Waals surface area contributed by atoms with E-state index in [1.807, 2.05) is 24.5 Å². The van der Waals surface area contributed by atoms with E-state index in [0.717, 1.165) is 11.5 Å². The standard InChI is InChI=1S/C14H13ClFN3O/c1-8-9(2)20-13(17-8)7-19-11-5-3-4-10(16)14(11)18-12(19)6-15/h3-5H,6-7H2,1-2H3. The van der Waals surface area contributed by atoms with Gasteiger partial charge in [-0.15, -0.1) is 11.6 Å². The smallest absolute Gasteiger partial charge is 0.214 e. The van der Waals surface area contributed by atoms with Crippen molar-refractivity contribution in [1.29, 1.82) is 0 Å². The minimum absolute atomic E-state index is 0.201. The van der Waals surface area contributed by atoms with E-state index in [4.69, 9.17) is 16.0 Å². The first-order valence-corrected chi connectivity index (χ1v) is 6.76. The van der Waals surface area contributed by atoms with E-state index in [1.54, 1.807) is 6.07 Å². The van der Waals surface area contributed by atoms with Crippen LogP contribution in [-0.2, 0) is 12.4 Å². The molecule has 0 bridgehead atoms. The summed E-state index contributed by atoms with van der Waals surface area (Å²) in [7, 11) is 0. The molecule has 0 saturated carbocycles. The molecule has 6 heteroatoms. The fourth-order valence-corrected chi connectivity index (χ4v) is 2.39. The Bertz CT molecular complexity index is 759. The highest BCUT2D eigenvalue weighted by molar-refractivity contribution is 6.16. The Kier molecular flexibility index (Phi) is 3.22. The molecule has 2 aromatic heterocycles. The van der Waals surface area contributed by atoms with Crippen molar-refractivity contribution >= 4 is 22.6 Å². The molecule has 0 aliphatic rings. The average molecular weight is 294 g/mol. The Hall–Kier alpha value is -1.88. The second-order valence-corrected chi connectivity index (χ2v) is 4.87. The molecule has 0 fully saturated rings. The SMILES string of the molecule is Cc1nc(Cn2c(CCl)nc3c(F)cccc32)oc1C. The van der Waals surface area contributed by atoms with Crippen LogP contribution in [0.4, 0.5) is 4.39 Å². The second kappa shape index (κ2) is 4.90. The third-order valence-corrected chi connectivity index (χ3v) is 3.53. The molecule has 3 aromatic rings. The molecule has 0 spiro atoms. The maximum atomic E-state index is 13.8. The van der Waals surface area contributed by atoms with E-state index >= 15 is 0 Å². The topological polar surface area (TPSA) is 43.9 Å². The van der Waals surface area contributed by atoms with Gasteiger partial charge in [0.25, 0.3) is 0 Å². The number of nitrogens with zero attached hydrogens (tertiary/aromatic N) is 3. The molecule has 20 heavy (non-hydrogen) atoms. The van der Waals surface area contributed by atoms with Gasteiger partial charge >= 0.3 is 0 Å². The van der Waals surface area contributed by atoms with Gasteiger partial charge in [-0.25, -0.2) is 14.4 Å². The van der Waals surface area contributed by atoms with Crippen LogP contribution in [0, 0.1) is 19.7 Å². The number of hydrogen-bond acceptors (Lipinski definition) is 3. The highest BCUT2D eigenvalue weighted by Crippen LogP contribution is 2.22. The molecular formula is C14H13ClFN3O. The molecule has 0 aliphatic carbocycles. The molecule has 0 unspecified atom stereocenters. The summed E-state index contributed by atoms with van der Waals surface area (Å²) in [5.74, 6) is 1.79. The molecule has 0 aliphatic heterocycles. The zero-order valence-corrected chi connectivity index (χ0v) is 11.9. The summed E-state index contributed by atoms with van der Waals surface area (Å²) in [6, 6.07) is 4.85. The molecule has 0 amide bonds. The lowest BCUT2D eigenvalue weighted by atomic mass is 10.3. The van der Waals surface area contributed by atoms with Crippen molar-refractivity contribution in [2.45, 2.75) is 26.3 Å². The zero-order chi connectivity index (χ0) is 14.3. The number of aryl methyl sites for hydroxylation is 2. The van der Waals surface area contributed by atoms with Gasteiger partial charge in [0.15, 0.2) is 5.82 Å². The summed E-state index contributed by atoms with van der Waals surface area (Å²) in [5, 5.41) is 0. The quantitative estimate of drug-likeness (QED) is 0.693. The van der Waals surface area contributed by atoms with Crippen molar-refractivity contribution in [3.8, 4) is 0 Å². The van der Waals surface area contributed by atoms with Gasteiger partial charge in [-0.2, -0.15) is 0 Å². The van der Waals surface area contributed by atoms with Crippen LogP contribution < -0.4 is 0 Å². The molecule has 2 heterocycles. The van der Waals surface area contributed by atoms with Gasteiger partial charge in [-0.05, 0) is 26.0 Å². The third-order valence-electron chi connectivity index (χ3n) is 3.29. The van der Waals surface area contributed by atoms with Gasteiger partial charge in [0.1, 0.15) is 23.6 Å². The Balaban J connectivity index is 2.12. The summed E-state index contributed by atoms with van der Waals surface area (Å²) < 4.78 is 21.2. The van der Waals surface area contributed by atoms with Crippen molar-refractivity contribution in [2.75, 3.05) is 0 Å². The number of hydrogen-bond donors (Lipinski definition) is 0. The molecular weight excluding hydrogens is 281 g/mol. The first kappa shape index (κ1) is 13.1. The molecule has 0 radical (unpaired) electrons. The zero-order valence-electron chi connectivity index (χ0n) is 11.2. The predicted molar refractivity (Wildman–Crippen MR) is 74.3 cm³/mol. The van der Waals surface area contributed by atoms with Crippen LogP contribution >= 0.6 is 11.6 Å². The van der Waals surface area contributed by atoms with Crippen molar-refractivity contribution < 1.29 is 8.81 Å². The van der Waals surface area contributed by atoms with E-state index in [0.29, 0.717) is 29.3 Å². The minimum Gasteiger partial charge on any atom is -0.444 e. The van der Waals surface area contributed by atoms with Crippen molar-refractivity contribution in [3.05, 3.63) is 47.2 Å². The molecule has 0 saturated heterocycles. The Morgan fingerprint density at radius 2 is 2.10 bits per heavy atom. The van der Waals surface area contributed by atoms with E-state index in [9.17, 15) is 4.39 Å². The molecule has 4 nitrogen and oxygen atoms in total. The molecule has 3 rings (SSSR count). The fraction of sp³-hybridized carbons (Fsp3) is 0.286. The van der Waals surface area contributed by atoms with Gasteiger partial charge in [0, 0.05) is 0 Å². The van der Waals surface area contributed by atoms with Crippen molar-refractivity contribution in [3.63, 3.8) is 0 Å². The average Bonchev–Trinajstić information content (AvgIpc) is 2.93. The maximum absolute atomic E-state index is 13.8. The highest BCUT2D eigenvalue weighted by atomic mass is 35.5. The second-order valence-electron chi connectivity index (χ2n) is 4.60. The number of halogens is 2. The Labute approximate surface area is 120 Å². The number of fused-ring (bicyclic) bond motifs is 1. The van der Waals surface area contributed by atoms with Gasteiger partial charge < -0.3 is 8.98 Å². The molecule has 1 aromatic carbocycles. The summed E-state index contributed by atoms with van der Waals surface area (Å²) >= 11 is 5.90. The molecule has 104 valence electrons. The highest BCUT2D eigenvalue weighted by Gasteiger charge is 2.15. The number of benzene rings is 1. The van der Waals surface area contributed by atoms with Crippen LogP contribution in [0.3, 0.4) is 0 Å². The van der Waals surface area contributed by atoms with Crippen LogP contribution in [0.2, 0.25) is 0 Å². The first-order chi connectivity index (χ1) is 9.60. The van der Waals surface area contributed by atoms with Gasteiger partial charge in [-0.1, -0.05) is 6.07 Å². The number of rotatable bonds is 3. The lowest BCUT2D eigenvalue weighted by Gasteiger charge is -2.04. The van der Waals surface area contributed by atoms with Crippen LogP contribution in [-0.4, -0.2) is 14.5 Å². The van der Waals surface area contributed by atoms with Crippen LogP contribution in [0.25, 0.3) is 11.0 Å². The number of para-hydroxylation sites is 1. The largest absolute Gasteiger partial charge is 0.444 e. The van der Waals surface area contributed by atoms with Gasteiger partial charge in [0.2, 0.25) is 5.89 Å². The Morgan fingerprint density at radius 1 is 1.30 bits per heavy atom. The number of alkyl halides is 1. The van der Waals surface area contributed by atoms with Crippen molar-refractivity contribution in [2.24, 2.45) is 0 Å². The fourth-order valence-electron chi connectivity index (χ4n) is 2.18. The summed E-state index contributed by atoms with van der Waals surface area (Å²) in [6.07, 6.45) is 0. The number of imidazole rings is 1. The van der Waals surface area contributed by atoms with E-state index in [2.05, 4.69) is 9.97 Å². The number of aromatic nitrogens is 3. The maximum Gasteiger partial charge on any atom is 0.214 e. The molecule has 0 N–H and O–H groups in total. The van der Waals surface area contributed by atoms with Crippen LogP contribution in [0.1, 0.15) is 23.2 Å². The summed E-state index contributed by atoms with van der Waals surface area (Å²) in [5.41, 5.74) is 1.86. The minimum atomic E-state index is -0.354. The third kappa shape index (κ3) is 2.08. The lowest BCUT2D eigenvalue weighted by Crippen LogP contribution is -2.04. The van der Waals surface area contributed by atoms with E-state index < -0.39 is 0 Å². The summed E-state index contributed by atoms with van der Waals surface area (Å²) in [4.78, 5) is 8.58. The molecule has 0 atom stereocenters. The van der Waals surface area contributed by atoms with E-state index in [-0.39, 0.29) is 11.7 Å². The van der Waals surface area contributed by atoms with Gasteiger partial charge in [0.05, 0.1) is 17.1 Å². The normalized spacial score (nSPS) is 11.4. The lowest BCUT2D eigenvalue weighted by molar-refractivity contribution is 0.457. The summed E-state index contributed by atoms with van der Waals surface area (Å²) in [6.45, 7) is 4.13. The van der Waals surface area contributed by atoms with E-state index in [1.165, 1.54) is 6.07 Å². The number of oxazole rings is 1. The van der Waals surface area contributed by atoms with Crippen LogP contribution in [0.5, 0.6) is 0 Å². The van der Waals surface area contributed by atoms with Gasteiger partial charge in [-0.3, -0.25) is 0 Å². The Morgan fingerprint density at radius 3 is 2.75 bits per heavy atom. The van der Waals surface area contributed by atoms with Crippen LogP contribution in [0.15, 0.2) is 22.6 Å².